The molecule has 0 aliphatic heterocycles. The number of rotatable bonds is 4. The molecular formula is C16H12N4O2S. The molecule has 0 saturated heterocycles. The molecule has 3 aromatic heterocycles. The van der Waals surface area contributed by atoms with Gasteiger partial charge in [-0.2, -0.15) is 9.50 Å². The van der Waals surface area contributed by atoms with Gasteiger partial charge in [0.25, 0.3) is 11.3 Å². The summed E-state index contributed by atoms with van der Waals surface area (Å²) in [6, 6.07) is 15.0. The van der Waals surface area contributed by atoms with Crippen molar-refractivity contribution in [3.63, 3.8) is 0 Å². The Labute approximate surface area is 135 Å². The van der Waals surface area contributed by atoms with Gasteiger partial charge in [-0.15, -0.1) is 0 Å². The number of hydrogen-bond donors (Lipinski definition) is 1. The van der Waals surface area contributed by atoms with Crippen molar-refractivity contribution in [2.45, 2.75) is 10.9 Å². The Kier molecular flexibility index (Phi) is 3.47. The highest BCUT2D eigenvalue weighted by molar-refractivity contribution is 7.98. The van der Waals surface area contributed by atoms with Gasteiger partial charge in [-0.25, -0.2) is 4.98 Å². The van der Waals surface area contributed by atoms with E-state index >= 15 is 0 Å². The van der Waals surface area contributed by atoms with Crippen molar-refractivity contribution in [2.75, 3.05) is 0 Å². The van der Waals surface area contributed by atoms with E-state index in [1.54, 1.807) is 18.4 Å². The average Bonchev–Trinajstić information content (AvgIpc) is 3.23. The Morgan fingerprint density at radius 2 is 2.00 bits per heavy atom. The van der Waals surface area contributed by atoms with Crippen LogP contribution in [0.4, 0.5) is 0 Å². The van der Waals surface area contributed by atoms with Crippen LogP contribution in [-0.4, -0.2) is 19.6 Å². The van der Waals surface area contributed by atoms with Gasteiger partial charge in [0.1, 0.15) is 5.69 Å². The number of aromatic amines is 1. The van der Waals surface area contributed by atoms with Crippen molar-refractivity contribution in [3.05, 3.63) is 70.7 Å². The lowest BCUT2D eigenvalue weighted by atomic mass is 10.2. The van der Waals surface area contributed by atoms with Crippen LogP contribution < -0.4 is 5.56 Å². The summed E-state index contributed by atoms with van der Waals surface area (Å²) in [5.41, 5.74) is 1.45. The van der Waals surface area contributed by atoms with Crippen LogP contribution in [0.5, 0.6) is 0 Å². The maximum atomic E-state index is 12.2. The fourth-order valence-corrected chi connectivity index (χ4v) is 3.00. The molecule has 0 radical (unpaired) electrons. The first-order chi connectivity index (χ1) is 11.3. The highest BCUT2D eigenvalue weighted by Gasteiger charge is 2.11. The summed E-state index contributed by atoms with van der Waals surface area (Å²) in [6.07, 6.45) is 1.55. The van der Waals surface area contributed by atoms with Crippen molar-refractivity contribution in [2.24, 2.45) is 0 Å². The third kappa shape index (κ3) is 2.78. The zero-order chi connectivity index (χ0) is 15.6. The van der Waals surface area contributed by atoms with E-state index < -0.39 is 0 Å². The van der Waals surface area contributed by atoms with Gasteiger partial charge in [-0.05, 0) is 17.7 Å². The lowest BCUT2D eigenvalue weighted by Crippen LogP contribution is -2.14. The summed E-state index contributed by atoms with van der Waals surface area (Å²) in [5.74, 6) is 1.64. The van der Waals surface area contributed by atoms with Gasteiger partial charge in [0.05, 0.1) is 6.26 Å². The van der Waals surface area contributed by atoms with E-state index in [1.807, 2.05) is 18.2 Å². The number of thioether (sulfide) groups is 1. The standard InChI is InChI=1S/C16H12N4O2S/c21-14-9-12(13-7-4-8-22-13)17-15-18-16(19-20(14)15)23-10-11-5-2-1-3-6-11/h1-9H,10H2,(H,17,18,19). The maximum Gasteiger partial charge on any atom is 0.274 e. The molecule has 0 bridgehead atoms. The van der Waals surface area contributed by atoms with E-state index in [0.717, 1.165) is 5.75 Å². The van der Waals surface area contributed by atoms with Crippen LogP contribution in [0.15, 0.2) is 69.2 Å². The molecule has 0 fully saturated rings. The number of hydrogen-bond acceptors (Lipinski definition) is 5. The average molecular weight is 324 g/mol. The molecule has 1 aromatic carbocycles. The second-order valence-corrected chi connectivity index (χ2v) is 5.86. The molecule has 1 N–H and O–H groups in total. The molecule has 6 nitrogen and oxygen atoms in total. The van der Waals surface area contributed by atoms with Crippen LogP contribution >= 0.6 is 11.8 Å². The van der Waals surface area contributed by atoms with E-state index in [2.05, 4.69) is 27.2 Å². The second-order valence-electron chi connectivity index (χ2n) is 4.90. The van der Waals surface area contributed by atoms with Gasteiger partial charge >= 0.3 is 0 Å². The van der Waals surface area contributed by atoms with Gasteiger partial charge in [0, 0.05) is 11.8 Å². The van der Waals surface area contributed by atoms with Crippen molar-refractivity contribution in [1.82, 2.24) is 19.6 Å². The molecule has 7 heteroatoms. The quantitative estimate of drug-likeness (QED) is 0.584. The molecule has 0 saturated carbocycles. The van der Waals surface area contributed by atoms with Crippen LogP contribution in [0.1, 0.15) is 5.56 Å². The first-order valence-corrected chi connectivity index (χ1v) is 7.98. The number of fused-ring (bicyclic) bond motifs is 1. The van der Waals surface area contributed by atoms with Crippen LogP contribution in [0.3, 0.4) is 0 Å². The highest BCUT2D eigenvalue weighted by atomic mass is 32.2. The third-order valence-corrected chi connectivity index (χ3v) is 4.24. The number of furan rings is 1. The molecule has 4 rings (SSSR count). The minimum Gasteiger partial charge on any atom is -0.463 e. The van der Waals surface area contributed by atoms with Crippen molar-refractivity contribution in [3.8, 4) is 11.5 Å². The minimum absolute atomic E-state index is 0.222. The Bertz CT molecular complexity index is 990. The summed E-state index contributed by atoms with van der Waals surface area (Å²) >= 11 is 1.52. The zero-order valence-electron chi connectivity index (χ0n) is 12.0. The molecule has 0 amide bonds. The molecule has 0 unspecified atom stereocenters. The summed E-state index contributed by atoms with van der Waals surface area (Å²) in [7, 11) is 0. The lowest BCUT2D eigenvalue weighted by molar-refractivity contribution is 0.579. The van der Waals surface area contributed by atoms with Crippen LogP contribution in [0.25, 0.3) is 17.2 Å². The number of nitrogens with zero attached hydrogens (tertiary/aromatic N) is 3. The van der Waals surface area contributed by atoms with Crippen LogP contribution in [0.2, 0.25) is 0 Å². The normalized spacial score (nSPS) is 11.1. The van der Waals surface area contributed by atoms with E-state index in [-0.39, 0.29) is 5.56 Å². The predicted molar refractivity (Wildman–Crippen MR) is 87.3 cm³/mol. The molecule has 114 valence electrons. The molecule has 0 aliphatic rings. The van der Waals surface area contributed by atoms with Crippen LogP contribution in [0, 0.1) is 0 Å². The van der Waals surface area contributed by atoms with E-state index in [4.69, 9.17) is 4.42 Å². The lowest BCUT2D eigenvalue weighted by Gasteiger charge is -1.97. The molecule has 0 spiro atoms. The number of benzene rings is 1. The maximum absolute atomic E-state index is 12.2. The molecular weight excluding hydrogens is 312 g/mol. The largest absolute Gasteiger partial charge is 0.463 e. The minimum atomic E-state index is -0.222. The summed E-state index contributed by atoms with van der Waals surface area (Å²) < 4.78 is 6.61. The third-order valence-electron chi connectivity index (χ3n) is 3.30. The summed E-state index contributed by atoms with van der Waals surface area (Å²) in [5, 5.41) is 3.62. The Balaban J connectivity index is 1.65. The van der Waals surface area contributed by atoms with Crippen molar-refractivity contribution in [1.29, 1.82) is 0 Å². The smallest absolute Gasteiger partial charge is 0.274 e. The molecule has 0 aliphatic carbocycles. The van der Waals surface area contributed by atoms with Crippen molar-refractivity contribution >= 4 is 17.5 Å². The Morgan fingerprint density at radius 1 is 1.13 bits per heavy atom. The van der Waals surface area contributed by atoms with E-state index in [0.29, 0.717) is 22.4 Å². The van der Waals surface area contributed by atoms with Gasteiger partial charge in [-0.1, -0.05) is 42.1 Å². The monoisotopic (exact) mass is 324 g/mol. The molecule has 0 atom stereocenters. The van der Waals surface area contributed by atoms with E-state index in [1.165, 1.54) is 27.9 Å². The number of aromatic nitrogens is 4. The Morgan fingerprint density at radius 3 is 2.78 bits per heavy atom. The zero-order valence-corrected chi connectivity index (χ0v) is 12.8. The second kappa shape index (κ2) is 5.77. The fraction of sp³-hybridized carbons (Fsp3) is 0.0625. The van der Waals surface area contributed by atoms with Gasteiger partial charge < -0.3 is 4.42 Å². The summed E-state index contributed by atoms with van der Waals surface area (Å²) in [4.78, 5) is 20.9. The molecule has 4 aromatic rings. The van der Waals surface area contributed by atoms with Crippen LogP contribution in [-0.2, 0) is 5.75 Å². The SMILES string of the molecule is O=c1cc(-c2ccco2)nc2nc(SCc3ccccc3)[nH]n12. The fourth-order valence-electron chi connectivity index (χ4n) is 2.20. The number of nitrogens with one attached hydrogen (secondary N) is 1. The highest BCUT2D eigenvalue weighted by Crippen LogP contribution is 2.20. The Hall–Kier alpha value is -2.80. The predicted octanol–water partition coefficient (Wildman–Crippen LogP) is 2.97. The van der Waals surface area contributed by atoms with Gasteiger partial charge in [0.15, 0.2) is 10.9 Å². The van der Waals surface area contributed by atoms with Gasteiger partial charge in [-0.3, -0.25) is 9.89 Å². The molecule has 3 heterocycles. The number of H-pyrrole nitrogens is 1. The molecule has 23 heavy (non-hydrogen) atoms. The summed E-state index contributed by atoms with van der Waals surface area (Å²) in [6.45, 7) is 0. The first kappa shape index (κ1) is 13.8. The van der Waals surface area contributed by atoms with E-state index in [9.17, 15) is 4.79 Å². The first-order valence-electron chi connectivity index (χ1n) is 7.00. The van der Waals surface area contributed by atoms with Crippen molar-refractivity contribution < 1.29 is 4.42 Å². The topological polar surface area (TPSA) is 76.2 Å². The van der Waals surface area contributed by atoms with Gasteiger partial charge in [0.2, 0.25) is 0 Å².